The van der Waals surface area contributed by atoms with Crippen LogP contribution < -0.4 is 16.4 Å². The second kappa shape index (κ2) is 10.8. The number of hydrogen-bond acceptors (Lipinski definition) is 4. The highest BCUT2D eigenvalue weighted by Crippen LogP contribution is 2.32. The van der Waals surface area contributed by atoms with E-state index < -0.39 is 5.54 Å². The monoisotopic (exact) mass is 458 g/mol. The summed E-state index contributed by atoms with van der Waals surface area (Å²) in [4.78, 5) is 29.1. The van der Waals surface area contributed by atoms with Gasteiger partial charge in [0.25, 0.3) is 5.91 Å². The van der Waals surface area contributed by atoms with E-state index in [0.717, 1.165) is 25.7 Å². The van der Waals surface area contributed by atoms with Gasteiger partial charge >= 0.3 is 0 Å². The summed E-state index contributed by atoms with van der Waals surface area (Å²) in [6.45, 7) is 1.93. The average molecular weight is 460 g/mol. The number of rotatable bonds is 4. The van der Waals surface area contributed by atoms with Gasteiger partial charge < -0.3 is 16.4 Å². The first kappa shape index (κ1) is 25.2. The molecule has 0 radical (unpaired) electrons. The molecule has 1 aliphatic carbocycles. The van der Waals surface area contributed by atoms with Crippen LogP contribution in [0.2, 0.25) is 5.02 Å². The Labute approximate surface area is 187 Å². The van der Waals surface area contributed by atoms with E-state index in [1.54, 1.807) is 36.4 Å². The molecule has 0 aliphatic heterocycles. The molecule has 2 unspecified atom stereocenters. The Morgan fingerprint density at radius 2 is 1.93 bits per heavy atom. The Morgan fingerprint density at radius 3 is 2.59 bits per heavy atom. The van der Waals surface area contributed by atoms with Crippen LogP contribution in [0.1, 0.15) is 43.0 Å². The van der Waals surface area contributed by atoms with Gasteiger partial charge in [-0.15, -0.1) is 24.8 Å². The quantitative estimate of drug-likeness (QED) is 0.618. The summed E-state index contributed by atoms with van der Waals surface area (Å²) in [7, 11) is 0. The molecule has 1 aliphatic rings. The second-order valence-corrected chi connectivity index (χ2v) is 7.63. The Hall–Kier alpha value is -1.86. The van der Waals surface area contributed by atoms with E-state index in [4.69, 9.17) is 17.3 Å². The largest absolute Gasteiger partial charge is 0.326 e. The van der Waals surface area contributed by atoms with Crippen molar-refractivity contribution in [1.82, 2.24) is 4.98 Å². The molecular formula is C20H25Cl3N4O2. The second-order valence-electron chi connectivity index (χ2n) is 7.19. The van der Waals surface area contributed by atoms with Gasteiger partial charge in [-0.3, -0.25) is 9.59 Å². The summed E-state index contributed by atoms with van der Waals surface area (Å²) >= 11 is 5.79. The zero-order valence-corrected chi connectivity index (χ0v) is 18.4. The maximum atomic E-state index is 12.7. The Balaban J connectivity index is 0.00000210. The lowest BCUT2D eigenvalue weighted by Gasteiger charge is -2.37. The van der Waals surface area contributed by atoms with Gasteiger partial charge in [-0.25, -0.2) is 4.98 Å². The number of nitrogens with zero attached hydrogens (tertiary/aromatic N) is 1. The first-order valence-corrected chi connectivity index (χ1v) is 9.36. The van der Waals surface area contributed by atoms with Crippen molar-refractivity contribution in [3.8, 4) is 0 Å². The van der Waals surface area contributed by atoms with Crippen molar-refractivity contribution in [3.05, 3.63) is 53.2 Å². The fourth-order valence-electron chi connectivity index (χ4n) is 3.39. The van der Waals surface area contributed by atoms with Crippen molar-refractivity contribution in [2.45, 2.75) is 38.1 Å². The van der Waals surface area contributed by atoms with Gasteiger partial charge in [0.05, 0.1) is 10.9 Å². The molecule has 158 valence electrons. The van der Waals surface area contributed by atoms with Crippen LogP contribution >= 0.6 is 36.4 Å². The molecule has 3 rings (SSSR count). The van der Waals surface area contributed by atoms with Gasteiger partial charge in [-0.2, -0.15) is 0 Å². The molecular weight excluding hydrogens is 435 g/mol. The maximum absolute atomic E-state index is 12.7. The Kier molecular flexibility index (Phi) is 9.36. The lowest BCUT2D eigenvalue weighted by molar-refractivity contribution is -0.122. The van der Waals surface area contributed by atoms with Crippen LogP contribution in [0.15, 0.2) is 42.6 Å². The molecule has 4 N–H and O–H groups in total. The smallest absolute Gasteiger partial charge is 0.256 e. The molecule has 0 saturated heterocycles. The summed E-state index contributed by atoms with van der Waals surface area (Å²) < 4.78 is 0. The van der Waals surface area contributed by atoms with E-state index in [-0.39, 0.29) is 42.5 Å². The highest BCUT2D eigenvalue weighted by molar-refractivity contribution is 6.30. The number of halogens is 3. The fourth-order valence-corrected chi connectivity index (χ4v) is 3.51. The van der Waals surface area contributed by atoms with Crippen molar-refractivity contribution in [2.75, 3.05) is 10.6 Å². The summed E-state index contributed by atoms with van der Waals surface area (Å²) in [5, 5.41) is 6.10. The van der Waals surface area contributed by atoms with E-state index in [1.807, 2.05) is 6.92 Å². The molecule has 29 heavy (non-hydrogen) atoms. The van der Waals surface area contributed by atoms with E-state index in [1.165, 1.54) is 6.20 Å². The molecule has 6 nitrogen and oxygen atoms in total. The summed E-state index contributed by atoms with van der Waals surface area (Å²) in [5.74, 6) is -0.249. The molecule has 1 heterocycles. The molecule has 1 aromatic carbocycles. The van der Waals surface area contributed by atoms with Gasteiger partial charge in [-0.05, 0) is 50.1 Å². The van der Waals surface area contributed by atoms with Crippen molar-refractivity contribution in [2.24, 2.45) is 11.7 Å². The highest BCUT2D eigenvalue weighted by atomic mass is 35.5. The Bertz CT molecular complexity index is 844. The average Bonchev–Trinajstić information content (AvgIpc) is 2.63. The molecule has 2 amide bonds. The van der Waals surface area contributed by atoms with Gasteiger partial charge in [0, 0.05) is 23.0 Å². The lowest BCUT2D eigenvalue weighted by Crippen LogP contribution is -2.51. The number of benzene rings is 1. The number of pyridine rings is 1. The minimum atomic E-state index is -0.502. The first-order valence-electron chi connectivity index (χ1n) is 8.98. The van der Waals surface area contributed by atoms with Crippen molar-refractivity contribution in [1.29, 1.82) is 0 Å². The van der Waals surface area contributed by atoms with Gasteiger partial charge in [0.2, 0.25) is 5.91 Å². The predicted octanol–water partition coefficient (Wildman–Crippen LogP) is 4.68. The van der Waals surface area contributed by atoms with Crippen molar-refractivity contribution >= 4 is 59.7 Å². The molecule has 9 heteroatoms. The SMILES string of the molecule is CC1(N)CCCCC1C(=O)Nc1cccc(C(=O)Nc2ccc(Cl)cn2)c1.Cl.Cl. The molecule has 1 fully saturated rings. The number of anilines is 2. The molecule has 1 aromatic heterocycles. The van der Waals surface area contributed by atoms with Crippen LogP contribution in [0.25, 0.3) is 0 Å². The van der Waals surface area contributed by atoms with E-state index in [9.17, 15) is 9.59 Å². The molecule has 2 atom stereocenters. The van der Waals surface area contributed by atoms with Crippen LogP contribution in [0.3, 0.4) is 0 Å². The molecule has 0 spiro atoms. The summed E-state index contributed by atoms with van der Waals surface area (Å²) in [6, 6.07) is 10.1. The zero-order chi connectivity index (χ0) is 19.4. The van der Waals surface area contributed by atoms with E-state index in [0.29, 0.717) is 22.1 Å². The molecule has 2 aromatic rings. The summed E-state index contributed by atoms with van der Waals surface area (Å²) in [6.07, 6.45) is 5.12. The number of nitrogens with two attached hydrogens (primary N) is 1. The minimum Gasteiger partial charge on any atom is -0.326 e. The predicted molar refractivity (Wildman–Crippen MR) is 121 cm³/mol. The third-order valence-corrected chi connectivity index (χ3v) is 5.16. The normalized spacial score (nSPS) is 20.6. The number of nitrogens with one attached hydrogen (secondary N) is 2. The third kappa shape index (κ3) is 6.57. The van der Waals surface area contributed by atoms with Crippen LogP contribution in [-0.2, 0) is 4.79 Å². The zero-order valence-electron chi connectivity index (χ0n) is 16.0. The van der Waals surface area contributed by atoms with Crippen LogP contribution in [-0.4, -0.2) is 22.3 Å². The van der Waals surface area contributed by atoms with Crippen molar-refractivity contribution in [3.63, 3.8) is 0 Å². The van der Waals surface area contributed by atoms with Gasteiger partial charge in [0.1, 0.15) is 5.82 Å². The fraction of sp³-hybridized carbons (Fsp3) is 0.350. The Morgan fingerprint density at radius 1 is 1.17 bits per heavy atom. The minimum absolute atomic E-state index is 0. The van der Waals surface area contributed by atoms with Crippen LogP contribution in [0.5, 0.6) is 0 Å². The molecule has 0 bridgehead atoms. The van der Waals surface area contributed by atoms with Gasteiger partial charge in [0.15, 0.2) is 0 Å². The third-order valence-electron chi connectivity index (χ3n) is 4.93. The maximum Gasteiger partial charge on any atom is 0.256 e. The number of amides is 2. The first-order chi connectivity index (χ1) is 12.8. The number of hydrogen-bond donors (Lipinski definition) is 3. The van der Waals surface area contributed by atoms with Crippen LogP contribution in [0, 0.1) is 5.92 Å². The topological polar surface area (TPSA) is 97.1 Å². The highest BCUT2D eigenvalue weighted by Gasteiger charge is 2.37. The van der Waals surface area contributed by atoms with E-state index in [2.05, 4.69) is 15.6 Å². The summed E-state index contributed by atoms with van der Waals surface area (Å²) in [5.41, 5.74) is 6.80. The van der Waals surface area contributed by atoms with Gasteiger partial charge in [-0.1, -0.05) is 30.5 Å². The van der Waals surface area contributed by atoms with Crippen molar-refractivity contribution < 1.29 is 9.59 Å². The number of aromatic nitrogens is 1. The molecule has 1 saturated carbocycles. The lowest BCUT2D eigenvalue weighted by atomic mass is 9.74. The van der Waals surface area contributed by atoms with E-state index >= 15 is 0 Å². The number of carbonyl (C=O) groups excluding carboxylic acids is 2. The van der Waals surface area contributed by atoms with Crippen LogP contribution in [0.4, 0.5) is 11.5 Å². The standard InChI is InChI=1S/C20H23ClN4O2.2ClH/c1-20(22)10-3-2-7-16(20)19(27)24-15-6-4-5-13(11-15)18(26)25-17-9-8-14(21)12-23-17;;/h4-6,8-9,11-12,16H,2-3,7,10,22H2,1H3,(H,24,27)(H,23,25,26);2*1H. The number of carbonyl (C=O) groups is 2.